The summed E-state index contributed by atoms with van der Waals surface area (Å²) in [5.74, 6) is 2.34. The minimum atomic E-state index is 0.321. The largest absolute Gasteiger partial charge is 0.368 e. The Morgan fingerprint density at radius 1 is 1.11 bits per heavy atom. The molecule has 0 bridgehead atoms. The summed E-state index contributed by atoms with van der Waals surface area (Å²) in [7, 11) is 0. The van der Waals surface area contributed by atoms with E-state index >= 15 is 0 Å². The summed E-state index contributed by atoms with van der Waals surface area (Å²) in [6.07, 6.45) is 3.36. The summed E-state index contributed by atoms with van der Waals surface area (Å²) in [5.41, 5.74) is 8.07. The number of nitrogens with zero attached hydrogens (tertiary/aromatic N) is 3. The Kier molecular flexibility index (Phi) is 2.70. The Morgan fingerprint density at radius 2 is 1.83 bits per heavy atom. The monoisotopic (exact) mass is 240 g/mol. The van der Waals surface area contributed by atoms with Crippen LogP contribution >= 0.6 is 0 Å². The third kappa shape index (κ3) is 2.18. The number of benzene rings is 1. The van der Waals surface area contributed by atoms with Gasteiger partial charge >= 0.3 is 0 Å². The van der Waals surface area contributed by atoms with Gasteiger partial charge in [-0.2, -0.15) is 9.97 Å². The summed E-state index contributed by atoms with van der Waals surface area (Å²) in [4.78, 5) is 13.0. The molecule has 0 saturated heterocycles. The number of aryl methyl sites for hydroxylation is 1. The third-order valence-electron chi connectivity index (χ3n) is 3.23. The molecule has 4 heteroatoms. The molecule has 1 heterocycles. The zero-order valence-corrected chi connectivity index (χ0v) is 10.4. The molecule has 2 aromatic rings. The molecule has 3 rings (SSSR count). The van der Waals surface area contributed by atoms with E-state index in [1.54, 1.807) is 0 Å². The standard InChI is InChI=1S/C14H16N4/c1-2-9-3-5-10(6-4-9)12-16-13(11-7-8-11)18-14(15)17-12/h3-6,11H,2,7-8H2,1H3,(H2,15,16,17,18). The van der Waals surface area contributed by atoms with Gasteiger partial charge in [-0.25, -0.2) is 4.98 Å². The number of aromatic nitrogens is 3. The van der Waals surface area contributed by atoms with Crippen molar-refractivity contribution >= 4 is 5.95 Å². The highest BCUT2D eigenvalue weighted by Crippen LogP contribution is 2.38. The van der Waals surface area contributed by atoms with E-state index in [-0.39, 0.29) is 0 Å². The molecule has 0 unspecified atom stereocenters. The van der Waals surface area contributed by atoms with Gasteiger partial charge in [0.15, 0.2) is 5.82 Å². The van der Waals surface area contributed by atoms with Gasteiger partial charge in [-0.1, -0.05) is 31.2 Å². The van der Waals surface area contributed by atoms with Crippen molar-refractivity contribution in [2.24, 2.45) is 0 Å². The Balaban J connectivity index is 1.98. The SMILES string of the molecule is CCc1ccc(-c2nc(N)nc(C3CC3)n2)cc1. The number of rotatable bonds is 3. The molecule has 1 saturated carbocycles. The van der Waals surface area contributed by atoms with Crippen molar-refractivity contribution in [3.63, 3.8) is 0 Å². The van der Waals surface area contributed by atoms with E-state index in [2.05, 4.69) is 34.0 Å². The van der Waals surface area contributed by atoms with Crippen LogP contribution in [0, 0.1) is 0 Å². The second-order valence-corrected chi connectivity index (χ2v) is 4.70. The molecular formula is C14H16N4. The number of nitrogen functional groups attached to an aromatic ring is 1. The van der Waals surface area contributed by atoms with E-state index in [1.807, 2.05) is 12.1 Å². The summed E-state index contributed by atoms with van der Waals surface area (Å²) in [5, 5.41) is 0. The highest BCUT2D eigenvalue weighted by atomic mass is 15.1. The summed E-state index contributed by atoms with van der Waals surface area (Å²) in [6, 6.07) is 8.30. The van der Waals surface area contributed by atoms with Crippen LogP contribution in [0.4, 0.5) is 5.95 Å². The van der Waals surface area contributed by atoms with Crippen molar-refractivity contribution in [1.82, 2.24) is 15.0 Å². The van der Waals surface area contributed by atoms with E-state index in [0.717, 1.165) is 30.7 Å². The molecule has 0 aliphatic heterocycles. The zero-order valence-electron chi connectivity index (χ0n) is 10.4. The van der Waals surface area contributed by atoms with Crippen molar-refractivity contribution in [2.45, 2.75) is 32.1 Å². The fraction of sp³-hybridized carbons (Fsp3) is 0.357. The van der Waals surface area contributed by atoms with Crippen LogP contribution in [0.2, 0.25) is 0 Å². The van der Waals surface area contributed by atoms with Crippen molar-refractivity contribution in [1.29, 1.82) is 0 Å². The molecule has 0 spiro atoms. The van der Waals surface area contributed by atoms with Crippen LogP contribution in [0.3, 0.4) is 0 Å². The minimum Gasteiger partial charge on any atom is -0.368 e. The van der Waals surface area contributed by atoms with Crippen molar-refractivity contribution in [2.75, 3.05) is 5.73 Å². The molecule has 0 atom stereocenters. The predicted molar refractivity (Wildman–Crippen MR) is 71.0 cm³/mol. The average molecular weight is 240 g/mol. The zero-order chi connectivity index (χ0) is 12.5. The average Bonchev–Trinajstić information content (AvgIpc) is 3.22. The first-order valence-electron chi connectivity index (χ1n) is 6.37. The van der Waals surface area contributed by atoms with Gasteiger partial charge in [-0.05, 0) is 24.8 Å². The van der Waals surface area contributed by atoms with E-state index in [9.17, 15) is 0 Å². The van der Waals surface area contributed by atoms with Crippen LogP contribution in [-0.2, 0) is 6.42 Å². The Labute approximate surface area is 106 Å². The van der Waals surface area contributed by atoms with E-state index in [0.29, 0.717) is 17.7 Å². The van der Waals surface area contributed by atoms with Gasteiger partial charge in [-0.3, -0.25) is 0 Å². The molecule has 1 fully saturated rings. The van der Waals surface area contributed by atoms with Gasteiger partial charge in [-0.15, -0.1) is 0 Å². The van der Waals surface area contributed by atoms with Crippen LogP contribution in [0.1, 0.15) is 37.1 Å². The van der Waals surface area contributed by atoms with Crippen molar-refractivity contribution in [3.05, 3.63) is 35.7 Å². The molecule has 0 amide bonds. The molecule has 2 N–H and O–H groups in total. The fourth-order valence-corrected chi connectivity index (χ4v) is 1.95. The highest BCUT2D eigenvalue weighted by molar-refractivity contribution is 5.56. The second kappa shape index (κ2) is 4.37. The summed E-state index contributed by atoms with van der Waals surface area (Å²) >= 11 is 0. The van der Waals surface area contributed by atoms with Crippen LogP contribution in [0.15, 0.2) is 24.3 Å². The van der Waals surface area contributed by atoms with Gasteiger partial charge in [0.2, 0.25) is 5.95 Å². The number of nitrogens with two attached hydrogens (primary N) is 1. The molecule has 92 valence electrons. The van der Waals surface area contributed by atoms with E-state index < -0.39 is 0 Å². The maximum Gasteiger partial charge on any atom is 0.223 e. The van der Waals surface area contributed by atoms with Crippen molar-refractivity contribution in [3.8, 4) is 11.4 Å². The lowest BCUT2D eigenvalue weighted by Crippen LogP contribution is -2.04. The van der Waals surface area contributed by atoms with Gasteiger partial charge < -0.3 is 5.73 Å². The smallest absolute Gasteiger partial charge is 0.223 e. The van der Waals surface area contributed by atoms with Crippen LogP contribution in [-0.4, -0.2) is 15.0 Å². The molecule has 1 aromatic heterocycles. The first kappa shape index (κ1) is 11.1. The van der Waals surface area contributed by atoms with Crippen LogP contribution in [0.5, 0.6) is 0 Å². The quantitative estimate of drug-likeness (QED) is 0.895. The second-order valence-electron chi connectivity index (χ2n) is 4.70. The molecule has 1 aromatic carbocycles. The normalized spacial score (nSPS) is 14.7. The van der Waals surface area contributed by atoms with Gasteiger partial charge in [0.25, 0.3) is 0 Å². The lowest BCUT2D eigenvalue weighted by Gasteiger charge is -2.05. The minimum absolute atomic E-state index is 0.321. The van der Waals surface area contributed by atoms with Crippen LogP contribution < -0.4 is 5.73 Å². The molecular weight excluding hydrogens is 224 g/mol. The van der Waals surface area contributed by atoms with E-state index in [4.69, 9.17) is 5.73 Å². The maximum atomic E-state index is 5.76. The maximum absolute atomic E-state index is 5.76. The Morgan fingerprint density at radius 3 is 2.44 bits per heavy atom. The fourth-order valence-electron chi connectivity index (χ4n) is 1.95. The summed E-state index contributed by atoms with van der Waals surface area (Å²) < 4.78 is 0. The topological polar surface area (TPSA) is 64.7 Å². The first-order chi connectivity index (χ1) is 8.76. The predicted octanol–water partition coefficient (Wildman–Crippen LogP) is 2.56. The molecule has 1 aliphatic rings. The molecule has 18 heavy (non-hydrogen) atoms. The van der Waals surface area contributed by atoms with Gasteiger partial charge in [0, 0.05) is 11.5 Å². The summed E-state index contributed by atoms with van der Waals surface area (Å²) in [6.45, 7) is 2.14. The lowest BCUT2D eigenvalue weighted by molar-refractivity contribution is 0.902. The van der Waals surface area contributed by atoms with Crippen molar-refractivity contribution < 1.29 is 0 Å². The molecule has 0 radical (unpaired) electrons. The number of hydrogen-bond acceptors (Lipinski definition) is 4. The van der Waals surface area contributed by atoms with Crippen LogP contribution in [0.25, 0.3) is 11.4 Å². The molecule has 4 nitrogen and oxygen atoms in total. The van der Waals surface area contributed by atoms with Gasteiger partial charge in [0.05, 0.1) is 0 Å². The lowest BCUT2D eigenvalue weighted by atomic mass is 10.1. The first-order valence-corrected chi connectivity index (χ1v) is 6.37. The Hall–Kier alpha value is -1.97. The number of hydrogen-bond donors (Lipinski definition) is 1. The highest BCUT2D eigenvalue weighted by Gasteiger charge is 2.27. The molecule has 1 aliphatic carbocycles. The number of anilines is 1. The van der Waals surface area contributed by atoms with E-state index in [1.165, 1.54) is 5.56 Å². The Bertz CT molecular complexity index is 559. The third-order valence-corrected chi connectivity index (χ3v) is 3.23. The van der Waals surface area contributed by atoms with Gasteiger partial charge in [0.1, 0.15) is 5.82 Å².